The summed E-state index contributed by atoms with van der Waals surface area (Å²) in [4.78, 5) is 27.7. The van der Waals surface area contributed by atoms with Gasteiger partial charge in [-0.15, -0.1) is 18.3 Å². The van der Waals surface area contributed by atoms with Crippen molar-refractivity contribution >= 4 is 23.3 Å². The number of rotatable bonds is 7. The fourth-order valence-corrected chi connectivity index (χ4v) is 4.43. The van der Waals surface area contributed by atoms with Gasteiger partial charge in [-0.3, -0.25) is 14.5 Å². The molecule has 39 heavy (non-hydrogen) atoms. The third kappa shape index (κ3) is 6.10. The number of nitrogens with zero attached hydrogens (tertiary/aromatic N) is 3. The SMILES string of the molecule is CC(C)Cc1ccc(N2C(=O)C(=O)C(=C(O)c3ccc(C(C)C)cc3)C2c2ccc(OC(F)(F)F)cc2)nn1. The number of aromatic nitrogens is 2. The Balaban J connectivity index is 1.83. The Morgan fingerprint density at radius 1 is 0.949 bits per heavy atom. The van der Waals surface area contributed by atoms with Crippen molar-refractivity contribution in [3.63, 3.8) is 0 Å². The Labute approximate surface area is 223 Å². The third-order valence-electron chi connectivity index (χ3n) is 6.29. The van der Waals surface area contributed by atoms with Crippen molar-refractivity contribution in [3.8, 4) is 5.75 Å². The smallest absolute Gasteiger partial charge is 0.507 e. The number of hydrogen-bond acceptors (Lipinski definition) is 6. The summed E-state index contributed by atoms with van der Waals surface area (Å²) < 4.78 is 42.1. The van der Waals surface area contributed by atoms with Gasteiger partial charge in [0.05, 0.1) is 17.3 Å². The largest absolute Gasteiger partial charge is 0.573 e. The molecule has 1 saturated heterocycles. The molecule has 204 valence electrons. The second kappa shape index (κ2) is 10.9. The predicted molar refractivity (Wildman–Crippen MR) is 139 cm³/mol. The first kappa shape index (κ1) is 27.8. The van der Waals surface area contributed by atoms with Crippen molar-refractivity contribution in [1.29, 1.82) is 0 Å². The van der Waals surface area contributed by atoms with Crippen LogP contribution in [0.15, 0.2) is 66.2 Å². The van der Waals surface area contributed by atoms with Crippen molar-refractivity contribution in [3.05, 3.63) is 88.6 Å². The van der Waals surface area contributed by atoms with E-state index in [2.05, 4.69) is 14.9 Å². The summed E-state index contributed by atoms with van der Waals surface area (Å²) in [5.41, 5.74) is 2.09. The maximum absolute atomic E-state index is 13.3. The number of alkyl halides is 3. The zero-order chi connectivity index (χ0) is 28.5. The Kier molecular flexibility index (Phi) is 7.76. The van der Waals surface area contributed by atoms with E-state index in [1.165, 1.54) is 12.1 Å². The molecule has 1 fully saturated rings. The molecule has 1 atom stereocenters. The Morgan fingerprint density at radius 2 is 1.59 bits per heavy atom. The van der Waals surface area contributed by atoms with Gasteiger partial charge in [0, 0.05) is 5.56 Å². The molecule has 0 bridgehead atoms. The molecule has 7 nitrogen and oxygen atoms in total. The summed E-state index contributed by atoms with van der Waals surface area (Å²) in [6, 6.07) is 13.8. The number of aliphatic hydroxyl groups excluding tert-OH is 1. The number of halogens is 3. The lowest BCUT2D eigenvalue weighted by molar-refractivity contribution is -0.274. The zero-order valence-electron chi connectivity index (χ0n) is 21.9. The second-order valence-electron chi connectivity index (χ2n) is 10.0. The summed E-state index contributed by atoms with van der Waals surface area (Å²) in [5.74, 6) is -2.14. The molecule has 1 aliphatic heterocycles. The van der Waals surface area contributed by atoms with Crippen molar-refractivity contribution in [1.82, 2.24) is 10.2 Å². The first-order valence-electron chi connectivity index (χ1n) is 12.5. The molecule has 0 spiro atoms. The molecule has 1 N–H and O–H groups in total. The normalized spacial score (nSPS) is 17.4. The number of aliphatic hydroxyl groups is 1. The van der Waals surface area contributed by atoms with E-state index in [1.807, 2.05) is 39.8 Å². The van der Waals surface area contributed by atoms with Gasteiger partial charge in [0.2, 0.25) is 0 Å². The molecular formula is C29H28F3N3O4. The van der Waals surface area contributed by atoms with Crippen LogP contribution in [-0.2, 0) is 16.0 Å². The van der Waals surface area contributed by atoms with E-state index in [0.29, 0.717) is 23.6 Å². The van der Waals surface area contributed by atoms with Gasteiger partial charge in [-0.2, -0.15) is 5.10 Å². The first-order valence-corrected chi connectivity index (χ1v) is 12.5. The van der Waals surface area contributed by atoms with Crippen molar-refractivity contribution in [2.45, 2.75) is 52.4 Å². The standard InChI is InChI=1S/C29H28F3N3O4/c1-16(2)15-21-11-14-23(34-33-21)35-25(19-9-12-22(13-10-19)39-29(30,31)32)24(27(37)28(35)38)26(36)20-7-5-18(6-8-20)17(3)4/h5-14,16-17,25,36H,15H2,1-4H3. The van der Waals surface area contributed by atoms with Gasteiger partial charge >= 0.3 is 12.3 Å². The number of hydrogen-bond donors (Lipinski definition) is 1. The van der Waals surface area contributed by atoms with Crippen LogP contribution in [0, 0.1) is 5.92 Å². The Morgan fingerprint density at radius 3 is 2.10 bits per heavy atom. The molecule has 0 saturated carbocycles. The monoisotopic (exact) mass is 539 g/mol. The molecule has 1 aliphatic rings. The van der Waals surface area contributed by atoms with E-state index in [1.54, 1.807) is 24.3 Å². The van der Waals surface area contributed by atoms with Crippen molar-refractivity contribution in [2.24, 2.45) is 5.92 Å². The van der Waals surface area contributed by atoms with E-state index in [9.17, 15) is 27.9 Å². The number of benzene rings is 2. The number of anilines is 1. The fourth-order valence-electron chi connectivity index (χ4n) is 4.43. The second-order valence-corrected chi connectivity index (χ2v) is 10.0. The molecular weight excluding hydrogens is 511 g/mol. The van der Waals surface area contributed by atoms with Gasteiger partial charge in [-0.05, 0) is 53.6 Å². The highest BCUT2D eigenvalue weighted by Gasteiger charge is 2.47. The molecule has 2 aromatic carbocycles. The van der Waals surface area contributed by atoms with Gasteiger partial charge in [-0.25, -0.2) is 0 Å². The van der Waals surface area contributed by atoms with Crippen molar-refractivity contribution < 1.29 is 32.6 Å². The van der Waals surface area contributed by atoms with Gasteiger partial charge < -0.3 is 9.84 Å². The minimum Gasteiger partial charge on any atom is -0.507 e. The number of ether oxygens (including phenoxy) is 1. The topological polar surface area (TPSA) is 92.6 Å². The molecule has 0 radical (unpaired) electrons. The molecule has 1 unspecified atom stereocenters. The van der Waals surface area contributed by atoms with Gasteiger partial charge in [0.1, 0.15) is 11.5 Å². The molecule has 10 heteroatoms. The van der Waals surface area contributed by atoms with E-state index in [0.717, 1.165) is 22.6 Å². The highest BCUT2D eigenvalue weighted by Crippen LogP contribution is 2.42. The van der Waals surface area contributed by atoms with Crippen LogP contribution >= 0.6 is 0 Å². The zero-order valence-corrected chi connectivity index (χ0v) is 21.9. The molecule has 2 heterocycles. The third-order valence-corrected chi connectivity index (χ3v) is 6.29. The van der Waals surface area contributed by atoms with E-state index in [-0.39, 0.29) is 22.9 Å². The fraction of sp³-hybridized carbons (Fsp3) is 0.310. The predicted octanol–water partition coefficient (Wildman–Crippen LogP) is 6.32. The number of carbonyl (C=O) groups excluding carboxylic acids is 2. The summed E-state index contributed by atoms with van der Waals surface area (Å²) in [6.45, 7) is 8.07. The maximum Gasteiger partial charge on any atom is 0.573 e. The maximum atomic E-state index is 13.3. The van der Waals surface area contributed by atoms with Gasteiger partial charge in [-0.1, -0.05) is 64.1 Å². The van der Waals surface area contributed by atoms with Crippen molar-refractivity contribution in [2.75, 3.05) is 4.90 Å². The minimum absolute atomic E-state index is 0.0689. The minimum atomic E-state index is -4.88. The molecule has 1 aromatic heterocycles. The van der Waals surface area contributed by atoms with E-state index >= 15 is 0 Å². The highest BCUT2D eigenvalue weighted by molar-refractivity contribution is 6.51. The van der Waals surface area contributed by atoms with Crippen LogP contribution < -0.4 is 9.64 Å². The Bertz CT molecular complexity index is 1380. The summed E-state index contributed by atoms with van der Waals surface area (Å²) in [6.07, 6.45) is -4.23. The van der Waals surface area contributed by atoms with E-state index < -0.39 is 35.6 Å². The number of ketones is 1. The quantitative estimate of drug-likeness (QED) is 0.215. The molecule has 3 aromatic rings. The van der Waals surface area contributed by atoms with Crippen LogP contribution in [0.25, 0.3) is 5.76 Å². The average molecular weight is 540 g/mol. The van der Waals surface area contributed by atoms with Crippen LogP contribution in [0.4, 0.5) is 19.0 Å². The first-order chi connectivity index (χ1) is 18.4. The lowest BCUT2D eigenvalue weighted by Crippen LogP contribution is -2.30. The lowest BCUT2D eigenvalue weighted by atomic mass is 9.94. The summed E-state index contributed by atoms with van der Waals surface area (Å²) in [7, 11) is 0. The Hall–Kier alpha value is -4.21. The van der Waals surface area contributed by atoms with E-state index in [4.69, 9.17) is 0 Å². The summed E-state index contributed by atoms with van der Waals surface area (Å²) in [5, 5.41) is 19.6. The summed E-state index contributed by atoms with van der Waals surface area (Å²) >= 11 is 0. The van der Waals surface area contributed by atoms with Crippen LogP contribution in [0.1, 0.15) is 62.0 Å². The lowest BCUT2D eigenvalue weighted by Gasteiger charge is -2.24. The number of amides is 1. The molecule has 4 rings (SSSR count). The van der Waals surface area contributed by atoms with Crippen LogP contribution in [0.5, 0.6) is 5.75 Å². The average Bonchev–Trinajstić information content (AvgIpc) is 3.13. The van der Waals surface area contributed by atoms with Gasteiger partial charge in [0.25, 0.3) is 5.78 Å². The molecule has 1 amide bonds. The van der Waals surface area contributed by atoms with Gasteiger partial charge in [0.15, 0.2) is 5.82 Å². The highest BCUT2D eigenvalue weighted by atomic mass is 19.4. The van der Waals surface area contributed by atoms with Crippen LogP contribution in [-0.4, -0.2) is 33.4 Å². The number of carbonyl (C=O) groups is 2. The molecule has 0 aliphatic carbocycles. The number of Topliss-reactive ketones (excluding diaryl/α,β-unsaturated/α-hetero) is 1. The van der Waals surface area contributed by atoms with Crippen LogP contribution in [0.3, 0.4) is 0 Å². The van der Waals surface area contributed by atoms with Crippen LogP contribution in [0.2, 0.25) is 0 Å².